The molecule has 2 aromatic rings. The Morgan fingerprint density at radius 3 is 2.24 bits per heavy atom. The van der Waals surface area contributed by atoms with E-state index in [2.05, 4.69) is 0 Å². The van der Waals surface area contributed by atoms with E-state index in [0.29, 0.717) is 18.6 Å². The average molecular weight is 420 g/mol. The summed E-state index contributed by atoms with van der Waals surface area (Å²) in [5.74, 6) is -0.168. The lowest BCUT2D eigenvalue weighted by molar-refractivity contribution is -0.138. The van der Waals surface area contributed by atoms with E-state index in [9.17, 15) is 13.2 Å². The quantitative estimate of drug-likeness (QED) is 0.347. The minimum absolute atomic E-state index is 0.130. The van der Waals surface area contributed by atoms with Gasteiger partial charge in [-0.1, -0.05) is 36.8 Å². The maximum Gasteiger partial charge on any atom is 0.250 e. The highest BCUT2D eigenvalue weighted by molar-refractivity contribution is 7.92. The summed E-state index contributed by atoms with van der Waals surface area (Å²) in [5, 5.41) is 8.15. The van der Waals surface area contributed by atoms with Gasteiger partial charge in [0.15, 0.2) is 9.84 Å². The van der Waals surface area contributed by atoms with Crippen LogP contribution >= 0.6 is 0 Å². The molecule has 2 aromatic carbocycles. The summed E-state index contributed by atoms with van der Waals surface area (Å²) in [6, 6.07) is 16.1. The number of carbonyl (C=O) groups excluding carboxylic acids is 1. The minimum atomic E-state index is -3.81. The highest BCUT2D eigenvalue weighted by Gasteiger charge is 2.44. The molecule has 0 aliphatic rings. The molecule has 0 saturated carbocycles. The Kier molecular flexibility index (Phi) is 7.81. The van der Waals surface area contributed by atoms with Crippen LogP contribution in [0, 0.1) is 5.41 Å². The zero-order valence-corrected chi connectivity index (χ0v) is 17.9. The van der Waals surface area contributed by atoms with Crippen LogP contribution in [0.5, 0.6) is 5.75 Å². The van der Waals surface area contributed by atoms with Crippen LogP contribution in [0.3, 0.4) is 0 Å². The summed E-state index contributed by atoms with van der Waals surface area (Å²) in [6.45, 7) is 3.09. The molecular weight excluding hydrogens is 390 g/mol. The molecule has 1 unspecified atom stereocenters. The third kappa shape index (κ3) is 5.58. The average Bonchev–Trinajstić information content (AvgIpc) is 2.73. The number of methoxy groups -OCH3 is 1. The normalized spacial score (nSPS) is 13.0. The molecule has 2 rings (SSSR count). The Morgan fingerprint density at radius 2 is 1.69 bits per heavy atom. The van der Waals surface area contributed by atoms with Gasteiger partial charge in [0, 0.05) is 0 Å². The smallest absolute Gasteiger partial charge is 0.250 e. The number of carbonyl (C=O) groups is 1. The number of sulfone groups is 1. The summed E-state index contributed by atoms with van der Waals surface area (Å²) in [7, 11) is -2.30. The fourth-order valence-electron chi connectivity index (χ4n) is 3.43. The van der Waals surface area contributed by atoms with Crippen molar-refractivity contribution in [1.82, 2.24) is 5.48 Å². The summed E-state index contributed by atoms with van der Waals surface area (Å²) in [5.41, 5.74) is 1.50. The summed E-state index contributed by atoms with van der Waals surface area (Å²) in [6.07, 6.45) is 2.58. The number of hydroxylamine groups is 1. The largest absolute Gasteiger partial charge is 0.497 e. The zero-order chi connectivity index (χ0) is 21.5. The van der Waals surface area contributed by atoms with Gasteiger partial charge in [-0.2, -0.15) is 0 Å². The third-order valence-corrected chi connectivity index (χ3v) is 7.78. The van der Waals surface area contributed by atoms with E-state index >= 15 is 0 Å². The van der Waals surface area contributed by atoms with E-state index in [-0.39, 0.29) is 4.90 Å². The predicted octanol–water partition coefficient (Wildman–Crippen LogP) is 3.78. The van der Waals surface area contributed by atoms with Gasteiger partial charge in [0.25, 0.3) is 0 Å². The van der Waals surface area contributed by atoms with E-state index in [1.165, 1.54) is 24.8 Å². The highest BCUT2D eigenvalue weighted by Crippen LogP contribution is 2.35. The summed E-state index contributed by atoms with van der Waals surface area (Å²) >= 11 is 0. The van der Waals surface area contributed by atoms with Crippen LogP contribution in [0.1, 0.15) is 38.7 Å². The molecule has 0 radical (unpaired) electrons. The fraction of sp³-hybridized carbons (Fsp3) is 0.409. The van der Waals surface area contributed by atoms with Gasteiger partial charge in [0.05, 0.1) is 22.7 Å². The number of rotatable bonds is 10. The van der Waals surface area contributed by atoms with Gasteiger partial charge in [0.1, 0.15) is 5.75 Å². The Balaban J connectivity index is 2.22. The second-order valence-electron chi connectivity index (χ2n) is 7.60. The van der Waals surface area contributed by atoms with Crippen LogP contribution < -0.4 is 10.2 Å². The predicted molar refractivity (Wildman–Crippen MR) is 112 cm³/mol. The standard InChI is InChI=1S/C22H29NO5S/c1-22(2,21(24)23-25)20(12-8-7-11-17-9-5-4-6-10-17)29(26,27)19-15-13-18(28-3)14-16-19/h4-6,9-10,13-16,20,25H,7-8,11-12H2,1-3H3,(H,23,24). The van der Waals surface area contributed by atoms with Crippen molar-refractivity contribution in [3.8, 4) is 5.75 Å². The van der Waals surface area contributed by atoms with Gasteiger partial charge in [-0.05, 0) is 62.9 Å². The van der Waals surface area contributed by atoms with Crippen LogP contribution in [0.4, 0.5) is 0 Å². The van der Waals surface area contributed by atoms with E-state index in [1.54, 1.807) is 31.5 Å². The molecule has 158 valence electrons. The molecule has 0 aromatic heterocycles. The molecule has 6 nitrogen and oxygen atoms in total. The number of nitrogens with one attached hydrogen (secondary N) is 1. The first-order valence-electron chi connectivity index (χ1n) is 9.60. The second-order valence-corrected chi connectivity index (χ2v) is 9.73. The van der Waals surface area contributed by atoms with Crippen molar-refractivity contribution in [1.29, 1.82) is 0 Å². The number of ether oxygens (including phenoxy) is 1. The maximum atomic E-state index is 13.4. The monoisotopic (exact) mass is 419 g/mol. The van der Waals surface area contributed by atoms with Crippen molar-refractivity contribution in [2.75, 3.05) is 7.11 Å². The molecule has 0 aliphatic carbocycles. The fourth-order valence-corrected chi connectivity index (χ4v) is 5.63. The van der Waals surface area contributed by atoms with Crippen molar-refractivity contribution in [2.24, 2.45) is 5.41 Å². The summed E-state index contributed by atoms with van der Waals surface area (Å²) < 4.78 is 31.8. The minimum Gasteiger partial charge on any atom is -0.497 e. The molecule has 0 saturated heterocycles. The third-order valence-electron chi connectivity index (χ3n) is 5.28. The number of aryl methyl sites for hydroxylation is 1. The van der Waals surface area contributed by atoms with E-state index in [1.807, 2.05) is 30.3 Å². The first kappa shape index (κ1) is 22.9. The van der Waals surface area contributed by atoms with E-state index < -0.39 is 26.4 Å². The van der Waals surface area contributed by atoms with Gasteiger partial charge in [-0.25, -0.2) is 13.9 Å². The molecule has 0 fully saturated rings. The van der Waals surface area contributed by atoms with Gasteiger partial charge in [0.2, 0.25) is 5.91 Å². The van der Waals surface area contributed by atoms with Crippen molar-refractivity contribution < 1.29 is 23.2 Å². The Bertz CT molecular complexity index is 893. The molecular formula is C22H29NO5S. The van der Waals surface area contributed by atoms with Gasteiger partial charge >= 0.3 is 0 Å². The molecule has 1 atom stereocenters. The number of hydrogen-bond donors (Lipinski definition) is 2. The topological polar surface area (TPSA) is 92.7 Å². The number of hydrogen-bond acceptors (Lipinski definition) is 5. The Morgan fingerprint density at radius 1 is 1.07 bits per heavy atom. The lowest BCUT2D eigenvalue weighted by atomic mass is 9.85. The number of benzene rings is 2. The Labute approximate surface area is 172 Å². The van der Waals surface area contributed by atoms with Crippen LogP contribution in [-0.2, 0) is 21.1 Å². The van der Waals surface area contributed by atoms with Gasteiger partial charge in [-0.3, -0.25) is 10.0 Å². The van der Waals surface area contributed by atoms with Crippen molar-refractivity contribution in [2.45, 2.75) is 49.7 Å². The molecule has 0 heterocycles. The first-order chi connectivity index (χ1) is 13.7. The van der Waals surface area contributed by atoms with Crippen LogP contribution in [0.15, 0.2) is 59.5 Å². The molecule has 0 aliphatic heterocycles. The number of amides is 1. The second kappa shape index (κ2) is 9.89. The van der Waals surface area contributed by atoms with Crippen molar-refractivity contribution >= 4 is 15.7 Å². The molecule has 0 bridgehead atoms. The SMILES string of the molecule is COc1ccc(S(=O)(=O)C(CCCCc2ccccc2)C(C)(C)C(=O)NO)cc1. The van der Waals surface area contributed by atoms with E-state index in [0.717, 1.165) is 12.8 Å². The number of unbranched alkanes of at least 4 members (excludes halogenated alkanes) is 1. The van der Waals surface area contributed by atoms with Crippen LogP contribution in [0.2, 0.25) is 0 Å². The van der Waals surface area contributed by atoms with Gasteiger partial charge in [-0.15, -0.1) is 0 Å². The van der Waals surface area contributed by atoms with Gasteiger partial charge < -0.3 is 4.74 Å². The van der Waals surface area contributed by atoms with Crippen LogP contribution in [0.25, 0.3) is 0 Å². The van der Waals surface area contributed by atoms with E-state index in [4.69, 9.17) is 9.94 Å². The first-order valence-corrected chi connectivity index (χ1v) is 11.1. The lowest BCUT2D eigenvalue weighted by Crippen LogP contribution is -2.47. The Hall–Kier alpha value is -2.38. The molecule has 0 spiro atoms. The summed E-state index contributed by atoms with van der Waals surface area (Å²) in [4.78, 5) is 12.4. The van der Waals surface area contributed by atoms with Crippen molar-refractivity contribution in [3.63, 3.8) is 0 Å². The molecule has 2 N–H and O–H groups in total. The molecule has 7 heteroatoms. The molecule has 1 amide bonds. The maximum absolute atomic E-state index is 13.4. The van der Waals surface area contributed by atoms with Crippen molar-refractivity contribution in [3.05, 3.63) is 60.2 Å². The highest BCUT2D eigenvalue weighted by atomic mass is 32.2. The van der Waals surface area contributed by atoms with Crippen LogP contribution in [-0.4, -0.2) is 31.9 Å². The molecule has 29 heavy (non-hydrogen) atoms. The lowest BCUT2D eigenvalue weighted by Gasteiger charge is -2.32. The zero-order valence-electron chi connectivity index (χ0n) is 17.1.